The van der Waals surface area contributed by atoms with E-state index in [0.717, 1.165) is 61.8 Å². The molecule has 7 rings (SSSR count). The Morgan fingerprint density at radius 3 is 1.66 bits per heavy atom. The Balaban J connectivity index is 1.59. The molecule has 53 heavy (non-hydrogen) atoms. The minimum atomic E-state index is 0.210. The van der Waals surface area contributed by atoms with Crippen LogP contribution in [-0.4, -0.2) is 19.6 Å². The molecule has 2 heterocycles. The molecule has 0 atom stereocenters. The standard InChI is InChI=1S/C49H51N3O/c1-29(2)35-23-36(30(3)4)26-39(25-35)46-33(9)22-43(41-18-13-14-21-45(41)53)50-48(46)42-19-15-20-44-47(42)51-49(34-16-11-10-12-17-34)52(44)40-27-37(31(5)6)24-38(28-40)32(7)8/h10-32,53H,1-9H3. The predicted molar refractivity (Wildman–Crippen MR) is 223 cm³/mol. The number of imidazole rings is 1. The molecule has 0 spiro atoms. The molecule has 0 aliphatic heterocycles. The number of pyridine rings is 1. The molecule has 5 aromatic carbocycles. The predicted octanol–water partition coefficient (Wildman–Crippen LogP) is 13.6. The van der Waals surface area contributed by atoms with E-state index in [1.807, 2.05) is 18.2 Å². The second-order valence-corrected chi connectivity index (χ2v) is 15.7. The fraction of sp³-hybridized carbons (Fsp3) is 0.265. The molecule has 0 bridgehead atoms. The van der Waals surface area contributed by atoms with Crippen LogP contribution in [0.3, 0.4) is 0 Å². The summed E-state index contributed by atoms with van der Waals surface area (Å²) in [5, 5.41) is 11.0. The lowest BCUT2D eigenvalue weighted by Gasteiger charge is -2.20. The van der Waals surface area contributed by atoms with E-state index in [9.17, 15) is 5.11 Å². The van der Waals surface area contributed by atoms with Crippen LogP contribution in [0.25, 0.3) is 61.8 Å². The molecular formula is C49H51N3O. The number of benzene rings is 5. The van der Waals surface area contributed by atoms with E-state index in [0.29, 0.717) is 29.2 Å². The van der Waals surface area contributed by atoms with Gasteiger partial charge >= 0.3 is 0 Å². The topological polar surface area (TPSA) is 50.9 Å². The van der Waals surface area contributed by atoms with Gasteiger partial charge in [-0.3, -0.25) is 4.57 Å². The van der Waals surface area contributed by atoms with Crippen LogP contribution >= 0.6 is 0 Å². The van der Waals surface area contributed by atoms with Crippen molar-refractivity contribution in [3.8, 4) is 56.5 Å². The number of phenolic OH excluding ortho intramolecular Hbond substituents is 1. The normalized spacial score (nSPS) is 11.9. The van der Waals surface area contributed by atoms with Crippen molar-refractivity contribution in [1.29, 1.82) is 0 Å². The van der Waals surface area contributed by atoms with Gasteiger partial charge in [-0.2, -0.15) is 0 Å². The third kappa shape index (κ3) is 6.91. The van der Waals surface area contributed by atoms with E-state index in [1.165, 1.54) is 22.3 Å². The van der Waals surface area contributed by atoms with Crippen LogP contribution in [0.15, 0.2) is 115 Å². The summed E-state index contributed by atoms with van der Waals surface area (Å²) in [5.41, 5.74) is 15.9. The van der Waals surface area contributed by atoms with Gasteiger partial charge in [0.15, 0.2) is 0 Å². The fourth-order valence-electron chi connectivity index (χ4n) is 7.34. The number of nitrogens with zero attached hydrogens (tertiary/aromatic N) is 3. The van der Waals surface area contributed by atoms with Gasteiger partial charge in [-0.05, 0) is 100 Å². The molecule has 0 amide bonds. The Labute approximate surface area is 315 Å². The highest BCUT2D eigenvalue weighted by atomic mass is 16.3. The van der Waals surface area contributed by atoms with E-state index in [2.05, 4.69) is 158 Å². The largest absolute Gasteiger partial charge is 0.507 e. The van der Waals surface area contributed by atoms with Crippen LogP contribution in [0.5, 0.6) is 5.75 Å². The van der Waals surface area contributed by atoms with Crippen molar-refractivity contribution >= 4 is 11.0 Å². The number of fused-ring (bicyclic) bond motifs is 1. The van der Waals surface area contributed by atoms with E-state index >= 15 is 0 Å². The van der Waals surface area contributed by atoms with E-state index in [4.69, 9.17) is 9.97 Å². The average molecular weight is 698 g/mol. The summed E-state index contributed by atoms with van der Waals surface area (Å²) < 4.78 is 2.33. The molecule has 4 nitrogen and oxygen atoms in total. The second-order valence-electron chi connectivity index (χ2n) is 15.7. The van der Waals surface area contributed by atoms with Gasteiger partial charge in [0.2, 0.25) is 0 Å². The van der Waals surface area contributed by atoms with Gasteiger partial charge in [-0.15, -0.1) is 0 Å². The van der Waals surface area contributed by atoms with Gasteiger partial charge in [-0.1, -0.05) is 134 Å². The number of hydrogen-bond acceptors (Lipinski definition) is 3. The van der Waals surface area contributed by atoms with Crippen LogP contribution in [0.1, 0.15) is 107 Å². The number of rotatable bonds is 9. The molecule has 268 valence electrons. The summed E-state index contributed by atoms with van der Waals surface area (Å²) in [6, 6.07) is 40.6. The zero-order valence-electron chi connectivity index (χ0n) is 32.6. The Kier molecular flexibility index (Phi) is 9.83. The van der Waals surface area contributed by atoms with Crippen LogP contribution in [0.2, 0.25) is 0 Å². The quantitative estimate of drug-likeness (QED) is 0.163. The highest BCUT2D eigenvalue weighted by Gasteiger charge is 2.24. The lowest BCUT2D eigenvalue weighted by molar-refractivity contribution is 0.477. The highest BCUT2D eigenvalue weighted by molar-refractivity contribution is 5.99. The Morgan fingerprint density at radius 2 is 1.08 bits per heavy atom. The van der Waals surface area contributed by atoms with Gasteiger partial charge in [0.1, 0.15) is 11.6 Å². The Morgan fingerprint density at radius 1 is 0.528 bits per heavy atom. The van der Waals surface area contributed by atoms with E-state index in [-0.39, 0.29) is 5.75 Å². The fourth-order valence-corrected chi connectivity index (χ4v) is 7.34. The lowest BCUT2D eigenvalue weighted by Crippen LogP contribution is -2.02. The minimum Gasteiger partial charge on any atom is -0.507 e. The Bertz CT molecular complexity index is 2380. The first-order valence-electron chi connectivity index (χ1n) is 19.1. The molecule has 0 unspecified atom stereocenters. The van der Waals surface area contributed by atoms with Gasteiger partial charge in [0.25, 0.3) is 0 Å². The monoisotopic (exact) mass is 697 g/mol. The molecule has 0 fully saturated rings. The SMILES string of the molecule is Cc1cc(-c2ccccc2O)nc(-c2cccc3c2nc(-c2ccccc2)n3-c2cc(C(C)C)cc(C(C)C)c2)c1-c1cc(C(C)C)cc(C(C)C)c1. The molecule has 7 aromatic rings. The van der Waals surface area contributed by atoms with Crippen molar-refractivity contribution in [3.63, 3.8) is 0 Å². The van der Waals surface area contributed by atoms with Gasteiger partial charge in [0.05, 0.1) is 22.4 Å². The average Bonchev–Trinajstić information content (AvgIpc) is 3.54. The molecule has 1 N–H and O–H groups in total. The maximum Gasteiger partial charge on any atom is 0.145 e. The molecule has 4 heteroatoms. The number of aromatic hydroxyl groups is 1. The van der Waals surface area contributed by atoms with Crippen LogP contribution in [-0.2, 0) is 0 Å². The zero-order valence-corrected chi connectivity index (χ0v) is 32.6. The van der Waals surface area contributed by atoms with Crippen molar-refractivity contribution in [2.45, 2.75) is 86.0 Å². The van der Waals surface area contributed by atoms with Gasteiger partial charge in [-0.25, -0.2) is 9.97 Å². The van der Waals surface area contributed by atoms with Crippen LogP contribution < -0.4 is 0 Å². The lowest BCUT2D eigenvalue weighted by atomic mass is 9.87. The first-order valence-corrected chi connectivity index (χ1v) is 19.1. The molecule has 0 saturated heterocycles. The highest BCUT2D eigenvalue weighted by Crippen LogP contribution is 2.43. The summed E-state index contributed by atoms with van der Waals surface area (Å²) >= 11 is 0. The summed E-state index contributed by atoms with van der Waals surface area (Å²) in [5.74, 6) is 2.60. The number of aryl methyl sites for hydroxylation is 1. The number of hydrogen-bond donors (Lipinski definition) is 1. The number of phenols is 1. The molecule has 0 radical (unpaired) electrons. The smallest absolute Gasteiger partial charge is 0.145 e. The van der Waals surface area contributed by atoms with Crippen LogP contribution in [0.4, 0.5) is 0 Å². The van der Waals surface area contributed by atoms with Gasteiger partial charge in [0, 0.05) is 27.9 Å². The summed E-state index contributed by atoms with van der Waals surface area (Å²) in [4.78, 5) is 11.0. The molecule has 0 saturated carbocycles. The van der Waals surface area contributed by atoms with Crippen molar-refractivity contribution in [3.05, 3.63) is 143 Å². The molecule has 0 aliphatic rings. The first-order chi connectivity index (χ1) is 25.4. The second kappa shape index (κ2) is 14.5. The molecule has 0 aliphatic carbocycles. The zero-order chi connectivity index (χ0) is 37.6. The maximum absolute atomic E-state index is 11.0. The number of aromatic nitrogens is 3. The van der Waals surface area contributed by atoms with E-state index < -0.39 is 0 Å². The summed E-state index contributed by atoms with van der Waals surface area (Å²) in [7, 11) is 0. The molecule has 2 aromatic heterocycles. The van der Waals surface area contributed by atoms with Crippen LogP contribution in [0, 0.1) is 6.92 Å². The van der Waals surface area contributed by atoms with Gasteiger partial charge < -0.3 is 5.11 Å². The Hall–Kier alpha value is -5.48. The third-order valence-electron chi connectivity index (χ3n) is 10.5. The van der Waals surface area contributed by atoms with Crippen molar-refractivity contribution in [2.75, 3.05) is 0 Å². The summed E-state index contributed by atoms with van der Waals surface area (Å²) in [6.45, 7) is 20.2. The van der Waals surface area contributed by atoms with Crippen molar-refractivity contribution in [1.82, 2.24) is 14.5 Å². The molecular weight excluding hydrogens is 647 g/mol. The van der Waals surface area contributed by atoms with Crippen molar-refractivity contribution < 1.29 is 5.11 Å². The third-order valence-corrected chi connectivity index (χ3v) is 10.5. The number of para-hydroxylation sites is 2. The van der Waals surface area contributed by atoms with E-state index in [1.54, 1.807) is 6.07 Å². The maximum atomic E-state index is 11.0. The minimum absolute atomic E-state index is 0.210. The van der Waals surface area contributed by atoms with Crippen molar-refractivity contribution in [2.24, 2.45) is 0 Å². The summed E-state index contributed by atoms with van der Waals surface area (Å²) in [6.07, 6.45) is 0. The first kappa shape index (κ1) is 35.9.